The molecular weight excluding hydrogens is 433 g/mol. The van der Waals surface area contributed by atoms with Gasteiger partial charge in [-0.3, -0.25) is 4.57 Å². The molecule has 1 N–H and O–H groups in total. The summed E-state index contributed by atoms with van der Waals surface area (Å²) in [5.41, 5.74) is 2.75. The van der Waals surface area contributed by atoms with Crippen LogP contribution in [0, 0.1) is 23.2 Å². The molecule has 0 aliphatic heterocycles. The number of halogens is 2. The normalized spacial score (nSPS) is 10.3. The van der Waals surface area contributed by atoms with Crippen LogP contribution in [-0.2, 0) is 6.42 Å². The van der Waals surface area contributed by atoms with Crippen molar-refractivity contribution in [2.75, 3.05) is 0 Å². The van der Waals surface area contributed by atoms with E-state index in [1.165, 1.54) is 0 Å². The first kappa shape index (κ1) is 22.4. The van der Waals surface area contributed by atoms with Crippen LogP contribution >= 0.6 is 23.2 Å². The Kier molecular flexibility index (Phi) is 7.36. The van der Waals surface area contributed by atoms with Gasteiger partial charge in [-0.1, -0.05) is 42.0 Å². The van der Waals surface area contributed by atoms with E-state index in [2.05, 4.69) is 22.9 Å². The maximum Gasteiger partial charge on any atom is 0.356 e. The van der Waals surface area contributed by atoms with Crippen LogP contribution in [0.5, 0.6) is 0 Å². The predicted octanol–water partition coefficient (Wildman–Crippen LogP) is 6.15. The van der Waals surface area contributed by atoms with Crippen LogP contribution in [0.1, 0.15) is 47.9 Å². The number of benzene rings is 2. The third kappa shape index (κ3) is 5.09. The molecule has 0 fully saturated rings. The standard InChI is InChI=1S/C24H19Cl2N3O2/c1-2-21-22(24(30)31)28-23(19-13-10-17(25)15-20(19)26)29(21)18-11-8-16(9-12-18)7-5-3-4-6-14-27/h8-13,15H,2-4,6H2,1H3,(H,30,31). The maximum atomic E-state index is 11.8. The van der Waals surface area contributed by atoms with E-state index in [9.17, 15) is 9.90 Å². The van der Waals surface area contributed by atoms with Gasteiger partial charge in [0.2, 0.25) is 0 Å². The molecule has 0 unspecified atom stereocenters. The molecule has 7 heteroatoms. The highest BCUT2D eigenvalue weighted by Gasteiger charge is 2.24. The van der Waals surface area contributed by atoms with E-state index < -0.39 is 5.97 Å². The molecule has 0 amide bonds. The molecular formula is C24H19Cl2N3O2. The number of carboxylic acids is 1. The fraction of sp³-hybridized carbons (Fsp3) is 0.208. The van der Waals surface area contributed by atoms with Gasteiger partial charge in [-0.05, 0) is 55.3 Å². The van der Waals surface area contributed by atoms with Gasteiger partial charge in [0.25, 0.3) is 0 Å². The van der Waals surface area contributed by atoms with Crippen molar-refractivity contribution in [3.05, 3.63) is 69.5 Å². The Morgan fingerprint density at radius 3 is 2.52 bits per heavy atom. The van der Waals surface area contributed by atoms with E-state index in [0.717, 1.165) is 17.7 Å². The second-order valence-electron chi connectivity index (χ2n) is 6.71. The fourth-order valence-electron chi connectivity index (χ4n) is 3.19. The minimum Gasteiger partial charge on any atom is -0.476 e. The SMILES string of the molecule is CCc1c(C(=O)O)nc(-c2ccc(Cl)cc2Cl)n1-c1ccc(C#CCCCC#N)cc1. The summed E-state index contributed by atoms with van der Waals surface area (Å²) < 4.78 is 1.81. The smallest absolute Gasteiger partial charge is 0.356 e. The molecule has 0 bridgehead atoms. The van der Waals surface area contributed by atoms with E-state index >= 15 is 0 Å². The topological polar surface area (TPSA) is 78.9 Å². The summed E-state index contributed by atoms with van der Waals surface area (Å²) in [5, 5.41) is 19.1. The number of imidazole rings is 1. The molecule has 0 spiro atoms. The average Bonchev–Trinajstić information content (AvgIpc) is 3.13. The van der Waals surface area contributed by atoms with Crippen LogP contribution in [-0.4, -0.2) is 20.6 Å². The Hall–Kier alpha value is -3.25. The quantitative estimate of drug-likeness (QED) is 0.359. The maximum absolute atomic E-state index is 11.8. The Balaban J connectivity index is 2.07. The summed E-state index contributed by atoms with van der Waals surface area (Å²) in [5.74, 6) is 5.48. The van der Waals surface area contributed by atoms with Crippen molar-refractivity contribution in [1.29, 1.82) is 5.26 Å². The lowest BCUT2D eigenvalue weighted by Crippen LogP contribution is -2.06. The Morgan fingerprint density at radius 2 is 1.90 bits per heavy atom. The highest BCUT2D eigenvalue weighted by Crippen LogP contribution is 2.33. The highest BCUT2D eigenvalue weighted by molar-refractivity contribution is 6.36. The van der Waals surface area contributed by atoms with Crippen LogP contribution in [0.3, 0.4) is 0 Å². The Bertz CT molecular complexity index is 1210. The molecule has 0 saturated carbocycles. The van der Waals surface area contributed by atoms with Crippen LogP contribution < -0.4 is 0 Å². The molecule has 0 aliphatic rings. The molecule has 3 rings (SSSR count). The third-order valence-corrected chi connectivity index (χ3v) is 5.18. The van der Waals surface area contributed by atoms with Crippen LogP contribution in [0.25, 0.3) is 17.1 Å². The lowest BCUT2D eigenvalue weighted by molar-refractivity contribution is 0.0690. The van der Waals surface area contributed by atoms with E-state index in [0.29, 0.717) is 46.4 Å². The zero-order valence-corrected chi connectivity index (χ0v) is 18.3. The molecule has 1 aromatic heterocycles. The average molecular weight is 452 g/mol. The van der Waals surface area contributed by atoms with Gasteiger partial charge in [-0.15, -0.1) is 0 Å². The zero-order chi connectivity index (χ0) is 22.4. The van der Waals surface area contributed by atoms with Crippen molar-refractivity contribution in [1.82, 2.24) is 9.55 Å². The first-order chi connectivity index (χ1) is 15.0. The number of hydrogen-bond acceptors (Lipinski definition) is 3. The van der Waals surface area contributed by atoms with Crippen molar-refractivity contribution in [2.24, 2.45) is 0 Å². The lowest BCUT2D eigenvalue weighted by Gasteiger charge is -2.13. The third-order valence-electron chi connectivity index (χ3n) is 4.63. The number of carbonyl (C=O) groups is 1. The minimum absolute atomic E-state index is 0.00937. The highest BCUT2D eigenvalue weighted by atomic mass is 35.5. The van der Waals surface area contributed by atoms with Gasteiger partial charge in [-0.2, -0.15) is 5.26 Å². The monoisotopic (exact) mass is 451 g/mol. The largest absolute Gasteiger partial charge is 0.476 e. The van der Waals surface area contributed by atoms with E-state index in [1.54, 1.807) is 18.2 Å². The second-order valence-corrected chi connectivity index (χ2v) is 7.55. The molecule has 3 aromatic rings. The van der Waals surface area contributed by atoms with Gasteiger partial charge < -0.3 is 5.11 Å². The second kappa shape index (κ2) is 10.2. The Labute approximate surface area is 190 Å². The van der Waals surface area contributed by atoms with Crippen LogP contribution in [0.15, 0.2) is 42.5 Å². The number of unbranched alkanes of at least 4 members (excludes halogenated alkanes) is 2. The predicted molar refractivity (Wildman–Crippen MR) is 122 cm³/mol. The minimum atomic E-state index is -1.10. The first-order valence-electron chi connectivity index (χ1n) is 9.72. The summed E-state index contributed by atoms with van der Waals surface area (Å²) in [6.45, 7) is 1.88. The van der Waals surface area contributed by atoms with Gasteiger partial charge in [-0.25, -0.2) is 9.78 Å². The molecule has 1 heterocycles. The van der Waals surface area contributed by atoms with Gasteiger partial charge in [0, 0.05) is 34.7 Å². The fourth-order valence-corrected chi connectivity index (χ4v) is 3.69. The van der Waals surface area contributed by atoms with Crippen molar-refractivity contribution >= 4 is 29.2 Å². The van der Waals surface area contributed by atoms with Gasteiger partial charge in [0.1, 0.15) is 5.82 Å². The number of nitrogens with zero attached hydrogens (tertiary/aromatic N) is 3. The Morgan fingerprint density at radius 1 is 1.16 bits per heavy atom. The molecule has 156 valence electrons. The number of rotatable bonds is 6. The van der Waals surface area contributed by atoms with Gasteiger partial charge >= 0.3 is 5.97 Å². The van der Waals surface area contributed by atoms with Crippen LogP contribution in [0.4, 0.5) is 0 Å². The summed E-state index contributed by atoms with van der Waals surface area (Å²) in [6.07, 6.45) is 2.38. The van der Waals surface area contributed by atoms with Crippen LogP contribution in [0.2, 0.25) is 10.0 Å². The molecule has 0 radical (unpaired) electrons. The molecule has 0 aliphatic carbocycles. The van der Waals surface area contributed by atoms with Crippen molar-refractivity contribution in [3.63, 3.8) is 0 Å². The van der Waals surface area contributed by atoms with Crippen molar-refractivity contribution in [2.45, 2.75) is 32.6 Å². The number of carboxylic acid groups (broad SMARTS) is 1. The zero-order valence-electron chi connectivity index (χ0n) is 16.8. The summed E-state index contributed by atoms with van der Waals surface area (Å²) >= 11 is 12.4. The molecule has 31 heavy (non-hydrogen) atoms. The van der Waals surface area contributed by atoms with E-state index in [-0.39, 0.29) is 5.69 Å². The van der Waals surface area contributed by atoms with Crippen molar-refractivity contribution < 1.29 is 9.90 Å². The number of nitriles is 1. The molecule has 2 aromatic carbocycles. The number of hydrogen-bond donors (Lipinski definition) is 1. The molecule has 5 nitrogen and oxygen atoms in total. The summed E-state index contributed by atoms with van der Waals surface area (Å²) in [4.78, 5) is 16.2. The lowest BCUT2D eigenvalue weighted by atomic mass is 10.1. The molecule has 0 saturated heterocycles. The molecule has 0 atom stereocenters. The van der Waals surface area contributed by atoms with Gasteiger partial charge in [0.15, 0.2) is 5.69 Å². The van der Waals surface area contributed by atoms with E-state index in [1.807, 2.05) is 35.8 Å². The summed E-state index contributed by atoms with van der Waals surface area (Å²) in [7, 11) is 0. The van der Waals surface area contributed by atoms with Crippen molar-refractivity contribution in [3.8, 4) is 35.0 Å². The number of aromatic nitrogens is 2. The number of aromatic carboxylic acids is 1. The van der Waals surface area contributed by atoms with Gasteiger partial charge in [0.05, 0.1) is 16.8 Å². The summed E-state index contributed by atoms with van der Waals surface area (Å²) in [6, 6.07) is 14.6. The van der Waals surface area contributed by atoms with E-state index in [4.69, 9.17) is 28.5 Å². The first-order valence-corrected chi connectivity index (χ1v) is 10.5.